The first-order valence-corrected chi connectivity index (χ1v) is 9.21. The Bertz CT molecular complexity index is 652. The van der Waals surface area contributed by atoms with Gasteiger partial charge in [-0.15, -0.1) is 16.3 Å². The van der Waals surface area contributed by atoms with Crippen molar-refractivity contribution in [1.29, 1.82) is 5.26 Å². The number of aliphatic imine (C=N–C) groups is 2. The minimum absolute atomic E-state index is 0.167. The van der Waals surface area contributed by atoms with Crippen LogP contribution in [0.5, 0.6) is 0 Å². The van der Waals surface area contributed by atoms with Crippen molar-refractivity contribution in [1.82, 2.24) is 9.88 Å². The number of anilines is 1. The van der Waals surface area contributed by atoms with E-state index in [1.54, 1.807) is 29.9 Å². The molecule has 0 aromatic carbocycles. The SMILES string of the molecule is CN(CCSCc1csc(NC(N)=NCC(F)(F)Cl)n1)C(N)=NC#N. The third-order valence-electron chi connectivity index (χ3n) is 2.59. The van der Waals surface area contributed by atoms with E-state index in [1.165, 1.54) is 11.3 Å². The number of rotatable bonds is 8. The minimum atomic E-state index is -3.43. The van der Waals surface area contributed by atoms with Crippen LogP contribution in [0.3, 0.4) is 0 Å². The molecule has 5 N–H and O–H groups in total. The fourth-order valence-electron chi connectivity index (χ4n) is 1.38. The van der Waals surface area contributed by atoms with Gasteiger partial charge in [0.2, 0.25) is 12.2 Å². The van der Waals surface area contributed by atoms with E-state index in [0.29, 0.717) is 17.4 Å². The number of hydrogen-bond acceptors (Lipinski definition) is 6. The Morgan fingerprint density at radius 3 is 2.96 bits per heavy atom. The molecule has 0 atom stereocenters. The number of nitrogens with one attached hydrogen (secondary N) is 1. The average Bonchev–Trinajstić information content (AvgIpc) is 2.96. The summed E-state index contributed by atoms with van der Waals surface area (Å²) in [5, 5.41) is 9.91. The summed E-state index contributed by atoms with van der Waals surface area (Å²) in [7, 11) is 1.74. The van der Waals surface area contributed by atoms with Crippen molar-refractivity contribution < 1.29 is 8.78 Å². The van der Waals surface area contributed by atoms with Crippen molar-refractivity contribution in [3.63, 3.8) is 0 Å². The molecule has 1 aromatic rings. The highest BCUT2D eigenvalue weighted by Crippen LogP contribution is 2.20. The fraction of sp³-hybridized carbons (Fsp3) is 0.500. The van der Waals surface area contributed by atoms with Gasteiger partial charge in [-0.2, -0.15) is 25.8 Å². The van der Waals surface area contributed by atoms with Gasteiger partial charge in [-0.25, -0.2) is 9.98 Å². The van der Waals surface area contributed by atoms with Crippen LogP contribution in [0, 0.1) is 11.5 Å². The number of aromatic nitrogens is 1. The van der Waals surface area contributed by atoms with Gasteiger partial charge in [-0.1, -0.05) is 0 Å². The fourth-order valence-corrected chi connectivity index (χ4v) is 3.17. The Balaban J connectivity index is 2.36. The van der Waals surface area contributed by atoms with Gasteiger partial charge in [0, 0.05) is 30.5 Å². The zero-order chi connectivity index (χ0) is 18.9. The molecule has 0 spiro atoms. The summed E-state index contributed by atoms with van der Waals surface area (Å²) in [5.74, 6) is 1.40. The number of hydrogen-bond donors (Lipinski definition) is 3. The smallest absolute Gasteiger partial charge is 0.341 e. The highest BCUT2D eigenvalue weighted by Gasteiger charge is 2.23. The molecule has 0 bridgehead atoms. The van der Waals surface area contributed by atoms with Crippen LogP contribution in [0.25, 0.3) is 0 Å². The van der Waals surface area contributed by atoms with Crippen LogP contribution in [0.15, 0.2) is 15.4 Å². The van der Waals surface area contributed by atoms with Crippen LogP contribution in [0.1, 0.15) is 5.69 Å². The number of guanidine groups is 2. The van der Waals surface area contributed by atoms with Gasteiger partial charge in [0.25, 0.3) is 0 Å². The Hall–Kier alpha value is -1.84. The van der Waals surface area contributed by atoms with Crippen LogP contribution in [0.4, 0.5) is 13.9 Å². The molecule has 0 saturated heterocycles. The van der Waals surface area contributed by atoms with Crippen LogP contribution in [0.2, 0.25) is 0 Å². The van der Waals surface area contributed by atoms with Crippen molar-refractivity contribution in [2.75, 3.05) is 31.2 Å². The van der Waals surface area contributed by atoms with Crippen molar-refractivity contribution >= 4 is 51.8 Å². The zero-order valence-electron chi connectivity index (χ0n) is 13.2. The van der Waals surface area contributed by atoms with Crippen molar-refractivity contribution in [2.24, 2.45) is 21.5 Å². The second-order valence-corrected chi connectivity index (χ2v) is 7.15. The Morgan fingerprint density at radius 1 is 1.60 bits per heavy atom. The van der Waals surface area contributed by atoms with Gasteiger partial charge < -0.3 is 21.7 Å². The molecule has 25 heavy (non-hydrogen) atoms. The Kier molecular flexibility index (Phi) is 8.67. The summed E-state index contributed by atoms with van der Waals surface area (Å²) in [6.45, 7) is -0.281. The molecule has 13 heteroatoms. The summed E-state index contributed by atoms with van der Waals surface area (Å²) < 4.78 is 24.9. The monoisotopic (exact) mass is 410 g/mol. The standard InChI is InChI=1S/C12H17ClF2N8S2/c1-23(10(18)20-7-16)2-3-24-4-8-5-25-11(21-8)22-9(17)19-6-12(13,14)15/h5H,2-4,6H2,1H3,(H2,18,20)(H3,17,19,21,22). The lowest BCUT2D eigenvalue weighted by molar-refractivity contribution is 0.107. The van der Waals surface area contributed by atoms with Gasteiger partial charge >= 0.3 is 5.38 Å². The minimum Gasteiger partial charge on any atom is -0.370 e. The van der Waals surface area contributed by atoms with Crippen LogP contribution in [-0.2, 0) is 5.75 Å². The molecule has 1 aromatic heterocycles. The van der Waals surface area contributed by atoms with E-state index < -0.39 is 11.9 Å². The molecule has 0 aliphatic heterocycles. The summed E-state index contributed by atoms with van der Waals surface area (Å²) >= 11 is 7.64. The number of halogens is 3. The second kappa shape index (κ2) is 10.2. The molecule has 0 aliphatic rings. The zero-order valence-corrected chi connectivity index (χ0v) is 15.6. The molecule has 0 fully saturated rings. The molecule has 0 radical (unpaired) electrons. The topological polar surface area (TPSA) is 129 Å². The molecule has 1 rings (SSSR count). The van der Waals surface area contributed by atoms with Gasteiger partial charge in [0.15, 0.2) is 11.1 Å². The molecule has 138 valence electrons. The summed E-state index contributed by atoms with van der Waals surface area (Å²) in [6.07, 6.45) is 1.63. The van der Waals surface area contributed by atoms with E-state index in [1.807, 2.05) is 5.38 Å². The predicted molar refractivity (Wildman–Crippen MR) is 99.1 cm³/mol. The van der Waals surface area contributed by atoms with Crippen molar-refractivity contribution in [3.8, 4) is 6.19 Å². The van der Waals surface area contributed by atoms with Crippen molar-refractivity contribution in [2.45, 2.75) is 11.1 Å². The first kappa shape index (κ1) is 21.2. The van der Waals surface area contributed by atoms with Crippen LogP contribution >= 0.6 is 34.7 Å². The highest BCUT2D eigenvalue weighted by molar-refractivity contribution is 7.98. The average molecular weight is 411 g/mol. The quantitative estimate of drug-likeness (QED) is 0.195. The lowest BCUT2D eigenvalue weighted by Gasteiger charge is -2.15. The number of nitrogens with two attached hydrogens (primary N) is 2. The van der Waals surface area contributed by atoms with E-state index in [4.69, 9.17) is 28.3 Å². The largest absolute Gasteiger partial charge is 0.370 e. The number of thiazole rings is 1. The van der Waals surface area contributed by atoms with E-state index in [2.05, 4.69) is 20.3 Å². The molecular weight excluding hydrogens is 394 g/mol. The van der Waals surface area contributed by atoms with Gasteiger partial charge in [0.05, 0.1) is 5.69 Å². The molecule has 0 saturated carbocycles. The maximum atomic E-state index is 12.5. The summed E-state index contributed by atoms with van der Waals surface area (Å²) in [4.78, 5) is 12.8. The third-order valence-corrected chi connectivity index (χ3v) is 4.49. The molecule has 1 heterocycles. The number of alkyl halides is 3. The number of nitriles is 1. The van der Waals surface area contributed by atoms with E-state index in [9.17, 15) is 8.78 Å². The highest BCUT2D eigenvalue weighted by atomic mass is 35.5. The molecular formula is C12H17ClF2N8S2. The van der Waals surface area contributed by atoms with Crippen LogP contribution in [-0.4, -0.2) is 53.1 Å². The summed E-state index contributed by atoms with van der Waals surface area (Å²) in [5.41, 5.74) is 11.9. The number of nitrogens with zero attached hydrogens (tertiary/aromatic N) is 5. The summed E-state index contributed by atoms with van der Waals surface area (Å²) in [6, 6.07) is 0. The molecule has 0 unspecified atom stereocenters. The Morgan fingerprint density at radius 2 is 2.32 bits per heavy atom. The normalized spacial score (nSPS) is 12.8. The third kappa shape index (κ3) is 9.28. The first-order valence-electron chi connectivity index (χ1n) is 6.80. The molecule has 0 amide bonds. The maximum Gasteiger partial charge on any atom is 0.341 e. The van der Waals surface area contributed by atoms with E-state index >= 15 is 0 Å². The lowest BCUT2D eigenvalue weighted by atomic mass is 10.6. The number of thioether (sulfide) groups is 1. The van der Waals surface area contributed by atoms with E-state index in [0.717, 1.165) is 11.4 Å². The second-order valence-electron chi connectivity index (χ2n) is 4.63. The maximum absolute atomic E-state index is 12.5. The molecule has 0 aliphatic carbocycles. The van der Waals surface area contributed by atoms with Gasteiger partial charge in [-0.05, 0) is 11.6 Å². The lowest BCUT2D eigenvalue weighted by Crippen LogP contribution is -2.35. The first-order chi connectivity index (χ1) is 11.7. The van der Waals surface area contributed by atoms with Crippen LogP contribution < -0.4 is 16.8 Å². The Labute approximate surface area is 157 Å². The van der Waals surface area contributed by atoms with E-state index in [-0.39, 0.29) is 11.9 Å². The van der Waals surface area contributed by atoms with Crippen molar-refractivity contribution in [3.05, 3.63) is 11.1 Å². The predicted octanol–water partition coefficient (Wildman–Crippen LogP) is 1.66. The van der Waals surface area contributed by atoms with Gasteiger partial charge in [-0.3, -0.25) is 0 Å². The van der Waals surface area contributed by atoms with Gasteiger partial charge in [0.1, 0.15) is 6.54 Å². The molecule has 8 nitrogen and oxygen atoms in total.